The van der Waals surface area contributed by atoms with Gasteiger partial charge in [-0.2, -0.15) is 0 Å². The molecule has 0 aliphatic carbocycles. The molecule has 1 fully saturated rings. The van der Waals surface area contributed by atoms with Crippen LogP contribution >= 0.6 is 0 Å². The molecular formula is C24H30N4O2. The number of pyridine rings is 1. The molecule has 0 saturated carbocycles. The molecule has 0 unspecified atom stereocenters. The summed E-state index contributed by atoms with van der Waals surface area (Å²) < 4.78 is 7.70. The Kier molecular flexibility index (Phi) is 6.21. The van der Waals surface area contributed by atoms with Gasteiger partial charge >= 0.3 is 0 Å². The van der Waals surface area contributed by atoms with Crippen LogP contribution in [0.4, 0.5) is 5.69 Å². The van der Waals surface area contributed by atoms with Crippen LogP contribution in [0.3, 0.4) is 0 Å². The van der Waals surface area contributed by atoms with Crippen molar-refractivity contribution in [3.05, 3.63) is 59.5 Å². The summed E-state index contributed by atoms with van der Waals surface area (Å²) in [6.07, 6.45) is 6.53. The number of rotatable bonds is 7. The number of aromatic nitrogens is 2. The van der Waals surface area contributed by atoms with E-state index >= 15 is 0 Å². The van der Waals surface area contributed by atoms with Crippen LogP contribution in [0.5, 0.6) is 5.75 Å². The number of fused-ring (bicyclic) bond motifs is 1. The van der Waals surface area contributed by atoms with Gasteiger partial charge in [-0.25, -0.2) is 4.98 Å². The molecule has 1 aliphatic heterocycles. The van der Waals surface area contributed by atoms with Crippen LogP contribution in [0.2, 0.25) is 0 Å². The van der Waals surface area contributed by atoms with Crippen LogP contribution in [0.15, 0.2) is 42.6 Å². The minimum atomic E-state index is -0.117. The quantitative estimate of drug-likeness (QED) is 0.603. The highest BCUT2D eigenvalue weighted by Gasteiger charge is 2.18. The van der Waals surface area contributed by atoms with Crippen molar-refractivity contribution in [2.24, 2.45) is 0 Å². The van der Waals surface area contributed by atoms with Crippen molar-refractivity contribution in [3.8, 4) is 5.75 Å². The number of benzene rings is 1. The van der Waals surface area contributed by atoms with E-state index in [1.165, 1.54) is 24.9 Å². The molecule has 2 aromatic heterocycles. The second-order valence-corrected chi connectivity index (χ2v) is 7.84. The van der Waals surface area contributed by atoms with Gasteiger partial charge in [0.15, 0.2) is 0 Å². The summed E-state index contributed by atoms with van der Waals surface area (Å²) in [7, 11) is 0. The van der Waals surface area contributed by atoms with E-state index < -0.39 is 0 Å². The largest absolute Gasteiger partial charge is 0.492 e. The molecule has 0 radical (unpaired) electrons. The molecule has 4 rings (SSSR count). The first kappa shape index (κ1) is 20.3. The van der Waals surface area contributed by atoms with E-state index in [0.717, 1.165) is 35.7 Å². The van der Waals surface area contributed by atoms with Gasteiger partial charge in [-0.05, 0) is 68.5 Å². The number of hydrogen-bond donors (Lipinski definition) is 1. The number of hydrogen-bond acceptors (Lipinski definition) is 4. The summed E-state index contributed by atoms with van der Waals surface area (Å²) in [6.45, 7) is 7.16. The number of imidazole rings is 1. The number of nitrogens with one attached hydrogen (secondary N) is 1. The van der Waals surface area contributed by atoms with Crippen LogP contribution in [-0.2, 0) is 6.42 Å². The number of aryl methyl sites for hydroxylation is 2. The first-order chi connectivity index (χ1) is 14.7. The maximum Gasteiger partial charge on any atom is 0.270 e. The van der Waals surface area contributed by atoms with Crippen LogP contribution in [0.25, 0.3) is 5.65 Å². The van der Waals surface area contributed by atoms with Crippen LogP contribution in [0.1, 0.15) is 47.9 Å². The number of anilines is 1. The Bertz CT molecular complexity index is 1000. The van der Waals surface area contributed by atoms with Crippen molar-refractivity contribution in [1.82, 2.24) is 14.7 Å². The third-order valence-corrected chi connectivity index (χ3v) is 5.60. The van der Waals surface area contributed by atoms with Crippen LogP contribution in [-0.4, -0.2) is 41.5 Å². The molecule has 30 heavy (non-hydrogen) atoms. The van der Waals surface area contributed by atoms with E-state index in [2.05, 4.69) is 27.3 Å². The molecule has 1 aromatic carbocycles. The minimum Gasteiger partial charge on any atom is -0.492 e. The van der Waals surface area contributed by atoms with Gasteiger partial charge in [-0.1, -0.05) is 13.0 Å². The van der Waals surface area contributed by atoms with Crippen molar-refractivity contribution in [3.63, 3.8) is 0 Å². The maximum absolute atomic E-state index is 12.8. The Morgan fingerprint density at radius 2 is 1.87 bits per heavy atom. The second kappa shape index (κ2) is 9.20. The van der Waals surface area contributed by atoms with E-state index in [4.69, 9.17) is 4.74 Å². The van der Waals surface area contributed by atoms with Crippen molar-refractivity contribution in [2.45, 2.75) is 39.5 Å². The maximum atomic E-state index is 12.8. The second-order valence-electron chi connectivity index (χ2n) is 7.84. The summed E-state index contributed by atoms with van der Waals surface area (Å²) >= 11 is 0. The number of nitrogens with zero attached hydrogens (tertiary/aromatic N) is 3. The zero-order valence-electron chi connectivity index (χ0n) is 17.9. The van der Waals surface area contributed by atoms with E-state index in [0.29, 0.717) is 25.3 Å². The molecular weight excluding hydrogens is 376 g/mol. The molecule has 3 heterocycles. The van der Waals surface area contributed by atoms with E-state index in [-0.39, 0.29) is 5.91 Å². The monoisotopic (exact) mass is 406 g/mol. The first-order valence-corrected chi connectivity index (χ1v) is 10.9. The van der Waals surface area contributed by atoms with Crippen LogP contribution in [0, 0.1) is 6.92 Å². The highest BCUT2D eigenvalue weighted by Crippen LogP contribution is 2.22. The number of carbonyl (C=O) groups is 1. The highest BCUT2D eigenvalue weighted by atomic mass is 16.5. The van der Waals surface area contributed by atoms with Gasteiger partial charge in [0.1, 0.15) is 23.7 Å². The molecule has 0 atom stereocenters. The summed E-state index contributed by atoms with van der Waals surface area (Å²) in [6, 6.07) is 12.2. The topological polar surface area (TPSA) is 58.9 Å². The molecule has 6 heteroatoms. The predicted molar refractivity (Wildman–Crippen MR) is 120 cm³/mol. The number of carbonyl (C=O) groups excluding carboxylic acids is 1. The standard InChI is InChI=1S/C24H30N4O2/c1-3-21-23(28-17-18(2)7-12-22(28)26-21)24(29)25-13-16-30-20-10-8-19(9-11-20)27-14-5-4-6-15-27/h7-12,17H,3-6,13-16H2,1-2H3,(H,25,29). The lowest BCUT2D eigenvalue weighted by molar-refractivity contribution is 0.0940. The van der Waals surface area contributed by atoms with Crippen molar-refractivity contribution in [2.75, 3.05) is 31.1 Å². The molecule has 0 bridgehead atoms. The number of ether oxygens (including phenoxy) is 1. The average Bonchev–Trinajstić information content (AvgIpc) is 3.15. The fraction of sp³-hybridized carbons (Fsp3) is 0.417. The molecule has 1 saturated heterocycles. The fourth-order valence-corrected chi connectivity index (χ4v) is 4.01. The number of amides is 1. The SMILES string of the molecule is CCc1nc2ccc(C)cn2c1C(=O)NCCOc1ccc(N2CCCCC2)cc1. The fourth-order valence-electron chi connectivity index (χ4n) is 4.01. The summed E-state index contributed by atoms with van der Waals surface area (Å²) in [4.78, 5) is 19.8. The lowest BCUT2D eigenvalue weighted by atomic mass is 10.1. The van der Waals surface area contributed by atoms with Gasteiger partial charge in [-0.15, -0.1) is 0 Å². The first-order valence-electron chi connectivity index (χ1n) is 10.9. The lowest BCUT2D eigenvalue weighted by Gasteiger charge is -2.28. The average molecular weight is 407 g/mol. The van der Waals surface area contributed by atoms with E-state index in [1.54, 1.807) is 0 Å². The summed E-state index contributed by atoms with van der Waals surface area (Å²) in [5, 5.41) is 2.97. The molecule has 0 spiro atoms. The summed E-state index contributed by atoms with van der Waals surface area (Å²) in [5.74, 6) is 0.707. The molecule has 3 aromatic rings. The molecule has 1 N–H and O–H groups in total. The zero-order chi connectivity index (χ0) is 20.9. The summed E-state index contributed by atoms with van der Waals surface area (Å²) in [5.41, 5.74) is 4.57. The van der Waals surface area contributed by atoms with Gasteiger partial charge in [0.2, 0.25) is 0 Å². The van der Waals surface area contributed by atoms with Crippen LogP contribution < -0.4 is 15.0 Å². The van der Waals surface area contributed by atoms with E-state index in [9.17, 15) is 4.79 Å². The van der Waals surface area contributed by atoms with Crippen molar-refractivity contribution < 1.29 is 9.53 Å². The predicted octanol–water partition coefficient (Wildman–Crippen LogP) is 4.00. The van der Waals surface area contributed by atoms with Crippen molar-refractivity contribution in [1.29, 1.82) is 0 Å². The molecule has 6 nitrogen and oxygen atoms in total. The van der Waals surface area contributed by atoms with Crippen molar-refractivity contribution >= 4 is 17.2 Å². The Balaban J connectivity index is 1.32. The normalized spacial score (nSPS) is 14.1. The Hall–Kier alpha value is -3.02. The third kappa shape index (κ3) is 4.42. The molecule has 1 amide bonds. The Labute approximate surface area is 177 Å². The minimum absolute atomic E-state index is 0.117. The lowest BCUT2D eigenvalue weighted by Crippen LogP contribution is -2.30. The van der Waals surface area contributed by atoms with E-state index in [1.807, 2.05) is 48.7 Å². The molecule has 158 valence electrons. The Morgan fingerprint density at radius 3 is 2.60 bits per heavy atom. The highest BCUT2D eigenvalue weighted by molar-refractivity contribution is 5.94. The smallest absolute Gasteiger partial charge is 0.270 e. The zero-order valence-corrected chi connectivity index (χ0v) is 17.9. The molecule has 1 aliphatic rings. The number of piperidine rings is 1. The van der Waals surface area contributed by atoms with Gasteiger partial charge in [0.05, 0.1) is 12.2 Å². The third-order valence-electron chi connectivity index (χ3n) is 5.60. The Morgan fingerprint density at radius 1 is 1.10 bits per heavy atom. The van der Waals surface area contributed by atoms with Gasteiger partial charge in [0, 0.05) is 25.0 Å². The van der Waals surface area contributed by atoms with Gasteiger partial charge < -0.3 is 15.0 Å². The van der Waals surface area contributed by atoms with Gasteiger partial charge in [0.25, 0.3) is 5.91 Å². The van der Waals surface area contributed by atoms with Gasteiger partial charge in [-0.3, -0.25) is 9.20 Å².